The Balaban J connectivity index is 1.49. The molecule has 5 heteroatoms. The second kappa shape index (κ2) is 6.77. The quantitative estimate of drug-likeness (QED) is 0.941. The summed E-state index contributed by atoms with van der Waals surface area (Å²) in [6, 6.07) is 11.4. The monoisotopic (exact) mass is 324 g/mol. The molecule has 4 rings (SSSR count). The van der Waals surface area contributed by atoms with E-state index < -0.39 is 0 Å². The van der Waals surface area contributed by atoms with E-state index in [1.807, 2.05) is 0 Å². The number of benzene rings is 1. The van der Waals surface area contributed by atoms with Crippen molar-refractivity contribution in [2.75, 3.05) is 13.1 Å². The summed E-state index contributed by atoms with van der Waals surface area (Å²) in [5.74, 6) is 0.0987. The highest BCUT2D eigenvalue weighted by molar-refractivity contribution is 5.92. The van der Waals surface area contributed by atoms with Crippen molar-refractivity contribution in [3.8, 4) is 0 Å². The van der Waals surface area contributed by atoms with E-state index in [1.165, 1.54) is 18.4 Å². The number of nitrogens with zero attached hydrogens (tertiary/aromatic N) is 3. The predicted octanol–water partition coefficient (Wildman–Crippen LogP) is 2.68. The summed E-state index contributed by atoms with van der Waals surface area (Å²) in [5.41, 5.74) is 1.96. The van der Waals surface area contributed by atoms with Gasteiger partial charge in [-0.25, -0.2) is 4.98 Å². The zero-order chi connectivity index (χ0) is 16.4. The van der Waals surface area contributed by atoms with Crippen LogP contribution in [-0.2, 0) is 6.54 Å². The van der Waals surface area contributed by atoms with Crippen LogP contribution < -0.4 is 0 Å². The third-order valence-electron chi connectivity index (χ3n) is 5.38. The molecule has 1 aromatic heterocycles. The third-order valence-corrected chi connectivity index (χ3v) is 5.38. The van der Waals surface area contributed by atoms with Crippen molar-refractivity contribution in [3.63, 3.8) is 0 Å². The van der Waals surface area contributed by atoms with Gasteiger partial charge in [0.2, 0.25) is 0 Å². The van der Waals surface area contributed by atoms with Gasteiger partial charge in [0, 0.05) is 25.2 Å². The van der Waals surface area contributed by atoms with Crippen LogP contribution in [0, 0.1) is 0 Å². The van der Waals surface area contributed by atoms with Crippen molar-refractivity contribution >= 4 is 5.91 Å². The van der Waals surface area contributed by atoms with Gasteiger partial charge in [0.15, 0.2) is 0 Å². The molecular weight excluding hydrogens is 300 g/mol. The minimum Gasteiger partial charge on any atom is -0.341 e. The zero-order valence-electron chi connectivity index (χ0n) is 13.9. The maximum Gasteiger partial charge on any atom is 0.272 e. The minimum absolute atomic E-state index is 0.0987. The molecule has 2 aromatic rings. The Kier molecular flexibility index (Phi) is 4.34. The van der Waals surface area contributed by atoms with Crippen LogP contribution in [0.15, 0.2) is 42.9 Å². The van der Waals surface area contributed by atoms with Gasteiger partial charge in [-0.2, -0.15) is 0 Å². The highest BCUT2D eigenvalue weighted by Gasteiger charge is 2.40. The normalized spacial score (nSPS) is 24.6. The molecule has 0 spiro atoms. The summed E-state index contributed by atoms with van der Waals surface area (Å²) in [7, 11) is 0. The van der Waals surface area contributed by atoms with Gasteiger partial charge in [-0.1, -0.05) is 30.3 Å². The summed E-state index contributed by atoms with van der Waals surface area (Å²) >= 11 is 0. The van der Waals surface area contributed by atoms with Gasteiger partial charge >= 0.3 is 0 Å². The van der Waals surface area contributed by atoms with E-state index in [9.17, 15) is 4.79 Å². The Labute approximate surface area is 142 Å². The molecule has 0 aliphatic carbocycles. The first-order valence-corrected chi connectivity index (χ1v) is 8.90. The minimum atomic E-state index is 0.0987. The highest BCUT2D eigenvalue weighted by atomic mass is 16.2. The lowest BCUT2D eigenvalue weighted by Gasteiger charge is -2.35. The average molecular weight is 324 g/mol. The summed E-state index contributed by atoms with van der Waals surface area (Å²) in [4.78, 5) is 24.4. The number of H-pyrrole nitrogens is 1. The Morgan fingerprint density at radius 3 is 2.71 bits per heavy atom. The smallest absolute Gasteiger partial charge is 0.272 e. The number of carbonyl (C=O) groups is 1. The fraction of sp³-hybridized carbons (Fsp3) is 0.474. The van der Waals surface area contributed by atoms with Crippen LogP contribution in [0.3, 0.4) is 0 Å². The highest BCUT2D eigenvalue weighted by Crippen LogP contribution is 2.31. The molecule has 2 aliphatic heterocycles. The van der Waals surface area contributed by atoms with Crippen molar-refractivity contribution in [1.82, 2.24) is 19.8 Å². The first-order valence-electron chi connectivity index (χ1n) is 8.90. The number of nitrogens with one attached hydrogen (secondary N) is 1. The topological polar surface area (TPSA) is 52.2 Å². The lowest BCUT2D eigenvalue weighted by atomic mass is 10.0. The number of hydrogen-bond acceptors (Lipinski definition) is 3. The van der Waals surface area contributed by atoms with Gasteiger partial charge in [-0.15, -0.1) is 0 Å². The molecule has 1 N–H and O–H groups in total. The lowest BCUT2D eigenvalue weighted by molar-refractivity contribution is 0.0634. The van der Waals surface area contributed by atoms with Gasteiger partial charge < -0.3 is 9.88 Å². The molecule has 2 fully saturated rings. The molecule has 24 heavy (non-hydrogen) atoms. The molecule has 2 atom stereocenters. The lowest BCUT2D eigenvalue weighted by Crippen LogP contribution is -2.48. The van der Waals surface area contributed by atoms with Crippen LogP contribution in [0.2, 0.25) is 0 Å². The Bertz CT molecular complexity index is 670. The Morgan fingerprint density at radius 1 is 1.12 bits per heavy atom. The van der Waals surface area contributed by atoms with Crippen molar-refractivity contribution in [3.05, 3.63) is 54.1 Å². The van der Waals surface area contributed by atoms with Gasteiger partial charge in [0.1, 0.15) is 5.69 Å². The molecule has 2 aliphatic rings. The van der Waals surface area contributed by atoms with Crippen molar-refractivity contribution in [2.45, 2.75) is 44.3 Å². The summed E-state index contributed by atoms with van der Waals surface area (Å²) < 4.78 is 0. The van der Waals surface area contributed by atoms with Gasteiger partial charge in [0.25, 0.3) is 5.91 Å². The molecule has 0 bridgehead atoms. The second-order valence-corrected chi connectivity index (χ2v) is 6.84. The molecule has 0 radical (unpaired) electrons. The van der Waals surface area contributed by atoms with E-state index in [2.05, 4.69) is 50.1 Å². The van der Waals surface area contributed by atoms with E-state index in [1.54, 1.807) is 12.5 Å². The van der Waals surface area contributed by atoms with Crippen LogP contribution in [0.25, 0.3) is 0 Å². The molecule has 2 saturated heterocycles. The molecule has 1 aromatic carbocycles. The van der Waals surface area contributed by atoms with Crippen LogP contribution >= 0.6 is 0 Å². The van der Waals surface area contributed by atoms with E-state index in [-0.39, 0.29) is 5.91 Å². The second-order valence-electron chi connectivity index (χ2n) is 6.84. The first kappa shape index (κ1) is 15.4. The van der Waals surface area contributed by atoms with E-state index in [4.69, 9.17) is 0 Å². The summed E-state index contributed by atoms with van der Waals surface area (Å²) in [6.45, 7) is 2.97. The fourth-order valence-corrected chi connectivity index (χ4v) is 4.27. The van der Waals surface area contributed by atoms with Crippen LogP contribution in [0.5, 0.6) is 0 Å². The zero-order valence-corrected chi connectivity index (χ0v) is 13.9. The SMILES string of the molecule is O=C(c1cnc[nH]1)N1CCC[C@@H]1[C@H]1CCCN1Cc1ccccc1. The third kappa shape index (κ3) is 2.96. The molecule has 1 amide bonds. The maximum absolute atomic E-state index is 12.8. The molecule has 0 saturated carbocycles. The molecule has 3 heterocycles. The van der Waals surface area contributed by atoms with Crippen LogP contribution in [0.4, 0.5) is 0 Å². The number of aromatic amines is 1. The van der Waals surface area contributed by atoms with E-state index in [0.29, 0.717) is 17.8 Å². The van der Waals surface area contributed by atoms with Gasteiger partial charge in [-0.3, -0.25) is 9.69 Å². The molecular formula is C19H24N4O. The molecule has 5 nitrogen and oxygen atoms in total. The Hall–Kier alpha value is -2.14. The van der Waals surface area contributed by atoms with Crippen molar-refractivity contribution in [2.24, 2.45) is 0 Å². The van der Waals surface area contributed by atoms with Crippen LogP contribution in [0.1, 0.15) is 41.7 Å². The van der Waals surface area contributed by atoms with E-state index in [0.717, 1.165) is 32.5 Å². The van der Waals surface area contributed by atoms with Crippen molar-refractivity contribution in [1.29, 1.82) is 0 Å². The molecule has 126 valence electrons. The van der Waals surface area contributed by atoms with Gasteiger partial charge in [0.05, 0.1) is 12.5 Å². The standard InChI is InChI=1S/C19H24N4O/c24-19(16-12-20-14-21-16)23-11-5-9-18(23)17-8-4-10-22(17)13-15-6-2-1-3-7-15/h1-3,6-7,12,14,17-18H,4-5,8-11,13H2,(H,20,21)/t17-,18-/m1/s1. The number of amides is 1. The molecule has 0 unspecified atom stereocenters. The largest absolute Gasteiger partial charge is 0.341 e. The van der Waals surface area contributed by atoms with Crippen LogP contribution in [-0.4, -0.2) is 50.8 Å². The summed E-state index contributed by atoms with van der Waals surface area (Å²) in [5, 5.41) is 0. The first-order chi connectivity index (χ1) is 11.8. The predicted molar refractivity (Wildman–Crippen MR) is 92.5 cm³/mol. The number of aromatic nitrogens is 2. The number of likely N-dealkylation sites (tertiary alicyclic amines) is 2. The fourth-order valence-electron chi connectivity index (χ4n) is 4.27. The number of imidazole rings is 1. The number of carbonyl (C=O) groups excluding carboxylic acids is 1. The Morgan fingerprint density at radius 2 is 1.92 bits per heavy atom. The van der Waals surface area contributed by atoms with Gasteiger partial charge in [-0.05, 0) is 37.8 Å². The van der Waals surface area contributed by atoms with E-state index >= 15 is 0 Å². The van der Waals surface area contributed by atoms with Crippen molar-refractivity contribution < 1.29 is 4.79 Å². The number of hydrogen-bond donors (Lipinski definition) is 1. The maximum atomic E-state index is 12.8. The summed E-state index contributed by atoms with van der Waals surface area (Å²) in [6.07, 6.45) is 7.82. The average Bonchev–Trinajstić information content (AvgIpc) is 3.36. The number of rotatable bonds is 4.